The lowest BCUT2D eigenvalue weighted by atomic mass is 10.1. The molecule has 3 nitrogen and oxygen atoms in total. The molecular weight excluding hydrogens is 236 g/mol. The van der Waals surface area contributed by atoms with Crippen LogP contribution in [0.3, 0.4) is 0 Å². The van der Waals surface area contributed by atoms with E-state index in [4.69, 9.17) is 10.1 Å². The Labute approximate surface area is 112 Å². The molecule has 0 N–H and O–H groups in total. The normalized spacial score (nSPS) is 10.3. The standard InChI is InChI=1S/C16H13N2O/c1-13-6-8-14(9-7-13)11-18-19-12-16-5-3-2-4-15(16)10-17/h2-9H,12H2,1H3. The summed E-state index contributed by atoms with van der Waals surface area (Å²) in [6, 6.07) is 17.2. The number of nitriles is 1. The van der Waals surface area contributed by atoms with Gasteiger partial charge in [-0.3, -0.25) is 0 Å². The highest BCUT2D eigenvalue weighted by Gasteiger charge is 1.99. The fraction of sp³-hybridized carbons (Fsp3) is 0.125. The van der Waals surface area contributed by atoms with Crippen molar-refractivity contribution in [1.82, 2.24) is 0 Å². The van der Waals surface area contributed by atoms with Crippen LogP contribution in [0.25, 0.3) is 0 Å². The van der Waals surface area contributed by atoms with Crippen molar-refractivity contribution in [3.8, 4) is 6.07 Å². The zero-order valence-corrected chi connectivity index (χ0v) is 10.6. The average molecular weight is 249 g/mol. The minimum atomic E-state index is 0.266. The Morgan fingerprint density at radius 3 is 2.58 bits per heavy atom. The maximum atomic E-state index is 8.93. The summed E-state index contributed by atoms with van der Waals surface area (Å²) >= 11 is 0. The van der Waals surface area contributed by atoms with Gasteiger partial charge in [0, 0.05) is 11.1 Å². The minimum Gasteiger partial charge on any atom is -0.390 e. The monoisotopic (exact) mass is 249 g/mol. The van der Waals surface area contributed by atoms with Gasteiger partial charge in [-0.1, -0.05) is 53.2 Å². The van der Waals surface area contributed by atoms with Crippen molar-refractivity contribution in [1.29, 1.82) is 5.26 Å². The fourth-order valence-corrected chi connectivity index (χ4v) is 1.57. The Bertz CT molecular complexity index is 609. The van der Waals surface area contributed by atoms with Gasteiger partial charge < -0.3 is 4.84 Å². The number of rotatable bonds is 4. The number of hydrogen-bond acceptors (Lipinski definition) is 3. The van der Waals surface area contributed by atoms with E-state index < -0.39 is 0 Å². The summed E-state index contributed by atoms with van der Waals surface area (Å²) in [5.41, 5.74) is 3.47. The van der Waals surface area contributed by atoms with Crippen LogP contribution in [0.2, 0.25) is 0 Å². The van der Waals surface area contributed by atoms with Crippen LogP contribution in [-0.4, -0.2) is 6.21 Å². The molecule has 2 aromatic carbocycles. The molecule has 0 bridgehead atoms. The van der Waals surface area contributed by atoms with Gasteiger partial charge in [0.05, 0.1) is 11.6 Å². The van der Waals surface area contributed by atoms with Crippen LogP contribution in [0.15, 0.2) is 53.7 Å². The molecule has 0 amide bonds. The van der Waals surface area contributed by atoms with Gasteiger partial charge in [-0.05, 0) is 13.0 Å². The van der Waals surface area contributed by atoms with Gasteiger partial charge in [0.1, 0.15) is 12.8 Å². The molecule has 3 heteroatoms. The van der Waals surface area contributed by atoms with Crippen LogP contribution >= 0.6 is 0 Å². The van der Waals surface area contributed by atoms with Gasteiger partial charge >= 0.3 is 0 Å². The first-order valence-corrected chi connectivity index (χ1v) is 5.92. The van der Waals surface area contributed by atoms with E-state index in [0.29, 0.717) is 5.56 Å². The molecule has 2 aromatic rings. The summed E-state index contributed by atoms with van der Waals surface area (Å²) < 4.78 is 0. The van der Waals surface area contributed by atoms with Gasteiger partial charge in [0.2, 0.25) is 0 Å². The Morgan fingerprint density at radius 1 is 1.11 bits per heavy atom. The Hall–Kier alpha value is -2.60. The van der Waals surface area contributed by atoms with Gasteiger partial charge in [-0.15, -0.1) is 0 Å². The van der Waals surface area contributed by atoms with E-state index in [2.05, 4.69) is 17.4 Å². The topological polar surface area (TPSA) is 45.4 Å². The van der Waals surface area contributed by atoms with Crippen molar-refractivity contribution in [2.45, 2.75) is 13.5 Å². The highest BCUT2D eigenvalue weighted by atomic mass is 16.6. The maximum absolute atomic E-state index is 8.93. The summed E-state index contributed by atoms with van der Waals surface area (Å²) in [5, 5.41) is 12.7. The lowest BCUT2D eigenvalue weighted by Crippen LogP contribution is -1.92. The van der Waals surface area contributed by atoms with Crippen LogP contribution in [0.1, 0.15) is 22.3 Å². The van der Waals surface area contributed by atoms with Crippen LogP contribution in [0.4, 0.5) is 0 Å². The van der Waals surface area contributed by atoms with Crippen molar-refractivity contribution in [2.24, 2.45) is 5.16 Å². The minimum absolute atomic E-state index is 0.266. The molecule has 0 aliphatic heterocycles. The lowest BCUT2D eigenvalue weighted by Gasteiger charge is -2.01. The third-order valence-electron chi connectivity index (χ3n) is 2.65. The molecule has 93 valence electrons. The van der Waals surface area contributed by atoms with E-state index in [1.807, 2.05) is 49.4 Å². The summed E-state index contributed by atoms with van der Waals surface area (Å²) in [7, 11) is 0. The predicted molar refractivity (Wildman–Crippen MR) is 73.7 cm³/mol. The van der Waals surface area contributed by atoms with E-state index in [9.17, 15) is 0 Å². The van der Waals surface area contributed by atoms with E-state index in [-0.39, 0.29) is 6.61 Å². The molecule has 0 unspecified atom stereocenters. The van der Waals surface area contributed by atoms with E-state index >= 15 is 0 Å². The molecule has 0 saturated heterocycles. The molecule has 1 radical (unpaired) electrons. The first-order chi connectivity index (χ1) is 9.29. The number of aryl methyl sites for hydroxylation is 1. The average Bonchev–Trinajstić information content (AvgIpc) is 2.46. The van der Waals surface area contributed by atoms with Crippen molar-refractivity contribution >= 4 is 6.21 Å². The van der Waals surface area contributed by atoms with Gasteiger partial charge in [0.25, 0.3) is 0 Å². The smallest absolute Gasteiger partial charge is 0.143 e. The van der Waals surface area contributed by atoms with E-state index in [1.165, 1.54) is 5.56 Å². The van der Waals surface area contributed by atoms with Crippen LogP contribution < -0.4 is 0 Å². The molecule has 0 atom stereocenters. The van der Waals surface area contributed by atoms with Gasteiger partial charge in [-0.25, -0.2) is 0 Å². The zero-order chi connectivity index (χ0) is 13.5. The number of nitrogens with zero attached hydrogens (tertiary/aromatic N) is 2. The molecule has 0 aliphatic rings. The molecule has 0 aromatic heterocycles. The molecular formula is C16H13N2O. The van der Waals surface area contributed by atoms with Gasteiger partial charge in [0.15, 0.2) is 0 Å². The van der Waals surface area contributed by atoms with E-state index in [0.717, 1.165) is 11.1 Å². The summed E-state index contributed by atoms with van der Waals surface area (Å²) in [5.74, 6) is 0. The predicted octanol–water partition coefficient (Wildman–Crippen LogP) is 3.29. The molecule has 0 aliphatic carbocycles. The molecule has 0 fully saturated rings. The third kappa shape index (κ3) is 3.68. The van der Waals surface area contributed by atoms with Crippen molar-refractivity contribution in [3.63, 3.8) is 0 Å². The SMILES string of the molecule is Cc1ccc(/[C]=N\OCc2ccccc2C#N)cc1. The fourth-order valence-electron chi connectivity index (χ4n) is 1.57. The molecule has 0 saturated carbocycles. The van der Waals surface area contributed by atoms with Gasteiger partial charge in [-0.2, -0.15) is 5.26 Å². The highest BCUT2D eigenvalue weighted by Crippen LogP contribution is 2.08. The van der Waals surface area contributed by atoms with Crippen LogP contribution in [0.5, 0.6) is 0 Å². The Morgan fingerprint density at radius 2 is 1.84 bits per heavy atom. The Kier molecular flexibility index (Phi) is 4.30. The van der Waals surface area contributed by atoms with Crippen molar-refractivity contribution in [3.05, 3.63) is 70.8 Å². The zero-order valence-electron chi connectivity index (χ0n) is 10.6. The molecule has 19 heavy (non-hydrogen) atoms. The third-order valence-corrected chi connectivity index (χ3v) is 2.65. The first-order valence-electron chi connectivity index (χ1n) is 5.92. The van der Waals surface area contributed by atoms with Crippen LogP contribution in [-0.2, 0) is 11.4 Å². The molecule has 0 heterocycles. The maximum Gasteiger partial charge on any atom is 0.143 e. The van der Waals surface area contributed by atoms with Crippen molar-refractivity contribution < 1.29 is 4.84 Å². The summed E-state index contributed by atoms with van der Waals surface area (Å²) in [6.45, 7) is 2.29. The van der Waals surface area contributed by atoms with Crippen molar-refractivity contribution in [2.75, 3.05) is 0 Å². The summed E-state index contributed by atoms with van der Waals surface area (Å²) in [4.78, 5) is 5.16. The largest absolute Gasteiger partial charge is 0.390 e. The lowest BCUT2D eigenvalue weighted by molar-refractivity contribution is 0.132. The molecule has 2 rings (SSSR count). The van der Waals surface area contributed by atoms with E-state index in [1.54, 1.807) is 6.07 Å². The molecule has 0 spiro atoms. The second-order valence-corrected chi connectivity index (χ2v) is 4.11. The first kappa shape index (κ1) is 12.8. The number of hydrogen-bond donors (Lipinski definition) is 0. The van der Waals surface area contributed by atoms with Crippen LogP contribution in [0, 0.1) is 18.3 Å². The summed E-state index contributed by atoms with van der Waals surface area (Å²) in [6.07, 6.45) is 2.80. The second-order valence-electron chi connectivity index (χ2n) is 4.11. The highest BCUT2D eigenvalue weighted by molar-refractivity contribution is 5.79. The number of benzene rings is 2. The quantitative estimate of drug-likeness (QED) is 0.616. The second kappa shape index (κ2) is 6.36. The Balaban J connectivity index is 1.93.